The van der Waals surface area contributed by atoms with Crippen molar-refractivity contribution in [3.63, 3.8) is 0 Å². The summed E-state index contributed by atoms with van der Waals surface area (Å²) in [5.41, 5.74) is 0. The van der Waals surface area contributed by atoms with Crippen molar-refractivity contribution in [3.8, 4) is 0 Å². The molecule has 0 spiro atoms. The lowest BCUT2D eigenvalue weighted by Gasteiger charge is -2.18. The van der Waals surface area contributed by atoms with Gasteiger partial charge in [0.1, 0.15) is 13.2 Å². The molecule has 0 heterocycles. The van der Waals surface area contributed by atoms with Crippen LogP contribution < -0.4 is 0 Å². The van der Waals surface area contributed by atoms with Crippen LogP contribution in [0.2, 0.25) is 0 Å². The monoisotopic (exact) mass is 859 g/mol. The average Bonchev–Trinajstić information content (AvgIpc) is 3.26. The van der Waals surface area contributed by atoms with Crippen molar-refractivity contribution in [2.24, 2.45) is 0 Å². The van der Waals surface area contributed by atoms with Crippen molar-refractivity contribution in [1.29, 1.82) is 0 Å². The second kappa shape index (κ2) is 50.5. The highest BCUT2D eigenvalue weighted by Gasteiger charge is 2.19. The molecule has 0 aromatic heterocycles. The van der Waals surface area contributed by atoms with Gasteiger partial charge in [-0.25, -0.2) is 0 Å². The summed E-state index contributed by atoms with van der Waals surface area (Å²) >= 11 is 0. The fraction of sp³-hybridized carbons (Fsp3) is 0.873. The molecule has 0 aliphatic rings. The lowest BCUT2D eigenvalue weighted by atomic mass is 10.0. The van der Waals surface area contributed by atoms with Gasteiger partial charge in [-0.05, 0) is 51.4 Å². The Labute approximate surface area is 379 Å². The normalized spacial score (nSPS) is 12.1. The van der Waals surface area contributed by atoms with Crippen molar-refractivity contribution in [1.82, 2.24) is 0 Å². The molecular formula is C55H102O6. The Morgan fingerprint density at radius 3 is 0.902 bits per heavy atom. The van der Waals surface area contributed by atoms with Crippen LogP contribution in [-0.2, 0) is 28.6 Å². The average molecular weight is 859 g/mol. The molecule has 6 nitrogen and oxygen atoms in total. The highest BCUT2D eigenvalue weighted by molar-refractivity contribution is 5.71. The number of carbonyl (C=O) groups excluding carboxylic acids is 3. The maximum absolute atomic E-state index is 12.7. The van der Waals surface area contributed by atoms with Gasteiger partial charge in [0.25, 0.3) is 0 Å². The third-order valence-corrected chi connectivity index (χ3v) is 12.0. The van der Waals surface area contributed by atoms with E-state index in [1.165, 1.54) is 186 Å². The van der Waals surface area contributed by atoms with Crippen molar-refractivity contribution in [3.05, 3.63) is 24.3 Å². The van der Waals surface area contributed by atoms with Crippen LogP contribution in [0.4, 0.5) is 0 Å². The summed E-state index contributed by atoms with van der Waals surface area (Å²) < 4.78 is 16.7. The minimum atomic E-state index is -0.763. The number of unbranched alkanes of at least 4 members (excludes halogenated alkanes) is 34. The molecule has 0 aliphatic carbocycles. The quantitative estimate of drug-likeness (QED) is 0.0262. The molecule has 61 heavy (non-hydrogen) atoms. The van der Waals surface area contributed by atoms with Gasteiger partial charge in [-0.1, -0.05) is 244 Å². The summed E-state index contributed by atoms with van der Waals surface area (Å²) in [6.07, 6.45) is 57.6. The fourth-order valence-electron chi connectivity index (χ4n) is 7.89. The summed E-state index contributed by atoms with van der Waals surface area (Å²) in [7, 11) is 0. The van der Waals surface area contributed by atoms with Gasteiger partial charge in [-0.3, -0.25) is 14.4 Å². The molecule has 6 heteroatoms. The molecule has 0 N–H and O–H groups in total. The molecule has 1 atom stereocenters. The largest absolute Gasteiger partial charge is 0.462 e. The molecule has 0 aliphatic heterocycles. The molecule has 1 unspecified atom stereocenters. The molecule has 0 aromatic carbocycles. The number of ether oxygens (including phenoxy) is 3. The van der Waals surface area contributed by atoms with E-state index in [0.717, 1.165) is 64.2 Å². The minimum Gasteiger partial charge on any atom is -0.462 e. The van der Waals surface area contributed by atoms with Crippen LogP contribution in [0.1, 0.15) is 290 Å². The van der Waals surface area contributed by atoms with E-state index in [1.54, 1.807) is 0 Å². The van der Waals surface area contributed by atoms with Crippen LogP contribution in [0.5, 0.6) is 0 Å². The predicted octanol–water partition coefficient (Wildman–Crippen LogP) is 17.5. The lowest BCUT2D eigenvalue weighted by molar-refractivity contribution is -0.167. The zero-order chi connectivity index (χ0) is 44.4. The predicted molar refractivity (Wildman–Crippen MR) is 261 cm³/mol. The Kier molecular flexibility index (Phi) is 48.8. The minimum absolute atomic E-state index is 0.0682. The molecule has 0 rings (SSSR count). The first kappa shape index (κ1) is 58.9. The molecule has 358 valence electrons. The molecule has 0 aromatic rings. The molecule has 0 saturated heterocycles. The molecule has 0 amide bonds. The summed E-state index contributed by atoms with van der Waals surface area (Å²) in [5.74, 6) is -0.866. The van der Waals surface area contributed by atoms with Gasteiger partial charge in [0.2, 0.25) is 0 Å². The van der Waals surface area contributed by atoms with Gasteiger partial charge in [0, 0.05) is 19.3 Å². The number of hydrogen-bond donors (Lipinski definition) is 0. The van der Waals surface area contributed by atoms with Crippen molar-refractivity contribution in [2.75, 3.05) is 13.2 Å². The summed E-state index contributed by atoms with van der Waals surface area (Å²) in [4.78, 5) is 37.7. The topological polar surface area (TPSA) is 78.9 Å². The van der Waals surface area contributed by atoms with Gasteiger partial charge < -0.3 is 14.2 Å². The molecule has 0 saturated carbocycles. The van der Waals surface area contributed by atoms with Crippen LogP contribution in [0, 0.1) is 0 Å². The molecule has 0 fully saturated rings. The van der Waals surface area contributed by atoms with E-state index in [1.807, 2.05) is 0 Å². The van der Waals surface area contributed by atoms with E-state index >= 15 is 0 Å². The van der Waals surface area contributed by atoms with Crippen LogP contribution in [0.25, 0.3) is 0 Å². The van der Waals surface area contributed by atoms with E-state index in [-0.39, 0.29) is 31.1 Å². The van der Waals surface area contributed by atoms with E-state index in [9.17, 15) is 14.4 Å². The maximum atomic E-state index is 12.7. The van der Waals surface area contributed by atoms with Gasteiger partial charge in [-0.15, -0.1) is 0 Å². The van der Waals surface area contributed by atoms with Crippen molar-refractivity contribution in [2.45, 2.75) is 297 Å². The van der Waals surface area contributed by atoms with Gasteiger partial charge in [-0.2, -0.15) is 0 Å². The zero-order valence-corrected chi connectivity index (χ0v) is 40.9. The van der Waals surface area contributed by atoms with Crippen LogP contribution in [0.3, 0.4) is 0 Å². The molecule has 0 bridgehead atoms. The van der Waals surface area contributed by atoms with Crippen LogP contribution in [0.15, 0.2) is 24.3 Å². The highest BCUT2D eigenvalue weighted by Crippen LogP contribution is 2.16. The van der Waals surface area contributed by atoms with E-state index < -0.39 is 6.10 Å². The second-order valence-electron chi connectivity index (χ2n) is 18.2. The first-order valence-corrected chi connectivity index (χ1v) is 26.8. The lowest BCUT2D eigenvalue weighted by Crippen LogP contribution is -2.30. The van der Waals surface area contributed by atoms with E-state index in [0.29, 0.717) is 19.3 Å². The smallest absolute Gasteiger partial charge is 0.306 e. The highest BCUT2D eigenvalue weighted by atomic mass is 16.6. The standard InChI is InChI=1S/C55H102O6/c1-4-7-10-13-16-18-20-22-24-25-26-27-28-29-30-31-32-34-35-37-39-42-45-48-54(57)60-51-52(50-59-53(56)47-44-41-15-12-9-6-3)61-55(58)49-46-43-40-38-36-33-23-21-19-17-14-11-8-5-2/h20,22,25-26,52H,4-19,21,23-24,27-51H2,1-3H3/b22-20-,26-25-. The number of carbonyl (C=O) groups is 3. The Morgan fingerprint density at radius 2 is 0.590 bits per heavy atom. The fourth-order valence-corrected chi connectivity index (χ4v) is 7.89. The van der Waals surface area contributed by atoms with E-state index in [2.05, 4.69) is 45.1 Å². The number of rotatable bonds is 49. The van der Waals surface area contributed by atoms with Crippen molar-refractivity contribution < 1.29 is 28.6 Å². The zero-order valence-electron chi connectivity index (χ0n) is 40.9. The van der Waals surface area contributed by atoms with Crippen molar-refractivity contribution >= 4 is 17.9 Å². The Balaban J connectivity index is 4.10. The summed E-state index contributed by atoms with van der Waals surface area (Å²) in [6.45, 7) is 6.60. The number of esters is 3. The van der Waals surface area contributed by atoms with Crippen LogP contribution in [-0.4, -0.2) is 37.2 Å². The number of hydrogen-bond acceptors (Lipinski definition) is 6. The van der Waals surface area contributed by atoms with Gasteiger partial charge in [0.15, 0.2) is 6.10 Å². The Hall–Kier alpha value is -2.11. The molecular weight excluding hydrogens is 757 g/mol. The third-order valence-electron chi connectivity index (χ3n) is 12.0. The first-order valence-electron chi connectivity index (χ1n) is 26.8. The summed E-state index contributed by atoms with van der Waals surface area (Å²) in [6, 6.07) is 0. The van der Waals surface area contributed by atoms with Crippen LogP contribution >= 0.6 is 0 Å². The SMILES string of the molecule is CCCCCCC/C=C\C/C=C\CCCCCCCCCCCCCC(=O)OCC(COC(=O)CCCCCCCC)OC(=O)CCCCCCCCCCCCCCCC. The number of allylic oxidation sites excluding steroid dienone is 4. The first-order chi connectivity index (χ1) is 30.0. The van der Waals surface area contributed by atoms with Gasteiger partial charge >= 0.3 is 17.9 Å². The Morgan fingerprint density at radius 1 is 0.328 bits per heavy atom. The Bertz CT molecular complexity index is 989. The van der Waals surface area contributed by atoms with E-state index in [4.69, 9.17) is 14.2 Å². The molecule has 0 radical (unpaired) electrons. The summed E-state index contributed by atoms with van der Waals surface area (Å²) in [5, 5.41) is 0. The second-order valence-corrected chi connectivity index (χ2v) is 18.2. The third kappa shape index (κ3) is 48.8. The maximum Gasteiger partial charge on any atom is 0.306 e. The van der Waals surface area contributed by atoms with Gasteiger partial charge in [0.05, 0.1) is 0 Å².